The molecule has 5 nitrogen and oxygen atoms in total. The minimum atomic E-state index is 0.00590. The minimum absolute atomic E-state index is 0.00590. The van der Waals surface area contributed by atoms with Crippen LogP contribution in [0.25, 0.3) is 0 Å². The molecule has 1 amide bonds. The second kappa shape index (κ2) is 7.79. The zero-order valence-electron chi connectivity index (χ0n) is 15.8. The number of amides is 1. The molecule has 0 saturated heterocycles. The summed E-state index contributed by atoms with van der Waals surface area (Å²) < 4.78 is 10.8. The molecule has 5 heteroatoms. The van der Waals surface area contributed by atoms with Crippen LogP contribution >= 0.6 is 0 Å². The van der Waals surface area contributed by atoms with Gasteiger partial charge in [0.1, 0.15) is 0 Å². The molecule has 0 aliphatic carbocycles. The summed E-state index contributed by atoms with van der Waals surface area (Å²) in [7, 11) is 3.29. The molecular weight excluding hydrogens is 328 g/mol. The van der Waals surface area contributed by atoms with Crippen LogP contribution in [0.15, 0.2) is 36.4 Å². The molecule has 1 heterocycles. The molecule has 3 rings (SSSR count). The number of hydrogen-bond acceptors (Lipinski definition) is 4. The first-order valence-electron chi connectivity index (χ1n) is 8.87. The van der Waals surface area contributed by atoms with Gasteiger partial charge in [0.25, 0.3) is 0 Å². The van der Waals surface area contributed by atoms with E-state index in [4.69, 9.17) is 9.47 Å². The summed E-state index contributed by atoms with van der Waals surface area (Å²) in [4.78, 5) is 14.7. The van der Waals surface area contributed by atoms with Crippen molar-refractivity contribution in [3.05, 3.63) is 53.1 Å². The Bertz CT molecular complexity index is 804. The van der Waals surface area contributed by atoms with Crippen LogP contribution in [0.1, 0.15) is 29.7 Å². The molecule has 2 aromatic carbocycles. The standard InChI is InChI=1S/C21H26N2O3/c1-14-6-5-7-17(10-14)22-21(24)13-23-9-8-16-11-19(25-3)20(26-4)12-18(16)15(23)2/h5-7,10-12,15H,8-9,13H2,1-4H3,(H,22,24). The number of rotatable bonds is 5. The number of benzene rings is 2. The van der Waals surface area contributed by atoms with E-state index in [1.807, 2.05) is 37.3 Å². The predicted molar refractivity (Wildman–Crippen MR) is 103 cm³/mol. The predicted octanol–water partition coefficient (Wildman–Crippen LogP) is 3.57. The SMILES string of the molecule is COc1cc2c(cc1OC)C(C)N(CC(=O)Nc1cccc(C)c1)CC2. The highest BCUT2D eigenvalue weighted by molar-refractivity contribution is 5.92. The van der Waals surface area contributed by atoms with Crippen molar-refractivity contribution >= 4 is 11.6 Å². The van der Waals surface area contributed by atoms with Gasteiger partial charge in [-0.1, -0.05) is 12.1 Å². The normalized spacial score (nSPS) is 16.7. The van der Waals surface area contributed by atoms with E-state index in [0.717, 1.165) is 35.7 Å². The van der Waals surface area contributed by atoms with Gasteiger partial charge in [0.05, 0.1) is 20.8 Å². The Morgan fingerprint density at radius 1 is 1.19 bits per heavy atom. The highest BCUT2D eigenvalue weighted by Gasteiger charge is 2.27. The first kappa shape index (κ1) is 18.3. The number of hydrogen-bond donors (Lipinski definition) is 1. The molecule has 138 valence electrons. The van der Waals surface area contributed by atoms with Gasteiger partial charge in [0.2, 0.25) is 5.91 Å². The number of methoxy groups -OCH3 is 2. The number of nitrogens with one attached hydrogen (secondary N) is 1. The van der Waals surface area contributed by atoms with Crippen molar-refractivity contribution in [2.24, 2.45) is 0 Å². The van der Waals surface area contributed by atoms with Gasteiger partial charge in [-0.3, -0.25) is 9.69 Å². The van der Waals surface area contributed by atoms with Crippen LogP contribution in [0, 0.1) is 6.92 Å². The van der Waals surface area contributed by atoms with Gasteiger partial charge in [0, 0.05) is 18.3 Å². The highest BCUT2D eigenvalue weighted by Crippen LogP contribution is 2.37. The van der Waals surface area contributed by atoms with Crippen LogP contribution in [-0.2, 0) is 11.2 Å². The lowest BCUT2D eigenvalue weighted by molar-refractivity contribution is -0.117. The lowest BCUT2D eigenvalue weighted by Crippen LogP contribution is -2.39. The molecule has 0 aromatic heterocycles. The van der Waals surface area contributed by atoms with E-state index in [1.165, 1.54) is 11.1 Å². The van der Waals surface area contributed by atoms with E-state index in [0.29, 0.717) is 6.54 Å². The number of anilines is 1. The molecule has 2 aromatic rings. The van der Waals surface area contributed by atoms with Gasteiger partial charge in [-0.05, 0) is 61.2 Å². The van der Waals surface area contributed by atoms with Crippen LogP contribution in [0.5, 0.6) is 11.5 Å². The zero-order valence-corrected chi connectivity index (χ0v) is 15.8. The molecule has 0 spiro atoms. The summed E-state index contributed by atoms with van der Waals surface area (Å²) in [6, 6.07) is 12.1. The largest absolute Gasteiger partial charge is 0.493 e. The molecule has 1 aliphatic rings. The number of fused-ring (bicyclic) bond motifs is 1. The van der Waals surface area contributed by atoms with E-state index in [9.17, 15) is 4.79 Å². The maximum atomic E-state index is 12.5. The third kappa shape index (κ3) is 3.83. The third-order valence-corrected chi connectivity index (χ3v) is 4.96. The molecule has 1 unspecified atom stereocenters. The number of carbonyl (C=O) groups is 1. The monoisotopic (exact) mass is 354 g/mol. The van der Waals surface area contributed by atoms with Crippen molar-refractivity contribution in [3.63, 3.8) is 0 Å². The van der Waals surface area contributed by atoms with E-state index in [2.05, 4.69) is 23.2 Å². The molecule has 1 N–H and O–H groups in total. The molecule has 1 atom stereocenters. The average molecular weight is 354 g/mol. The lowest BCUT2D eigenvalue weighted by atomic mass is 9.93. The second-order valence-corrected chi connectivity index (χ2v) is 6.72. The van der Waals surface area contributed by atoms with Gasteiger partial charge in [-0.2, -0.15) is 0 Å². The van der Waals surface area contributed by atoms with E-state index >= 15 is 0 Å². The Morgan fingerprint density at radius 2 is 1.92 bits per heavy atom. The molecule has 1 aliphatic heterocycles. The summed E-state index contributed by atoms with van der Waals surface area (Å²) in [5, 5.41) is 2.99. The molecule has 26 heavy (non-hydrogen) atoms. The third-order valence-electron chi connectivity index (χ3n) is 4.96. The van der Waals surface area contributed by atoms with E-state index < -0.39 is 0 Å². The van der Waals surface area contributed by atoms with E-state index in [1.54, 1.807) is 14.2 Å². The number of nitrogens with zero attached hydrogens (tertiary/aromatic N) is 1. The first-order chi connectivity index (χ1) is 12.5. The average Bonchev–Trinajstić information content (AvgIpc) is 2.63. The Morgan fingerprint density at radius 3 is 2.62 bits per heavy atom. The fourth-order valence-electron chi connectivity index (χ4n) is 3.52. The van der Waals surface area contributed by atoms with Gasteiger partial charge >= 0.3 is 0 Å². The first-order valence-corrected chi connectivity index (χ1v) is 8.87. The molecule has 0 radical (unpaired) electrons. The van der Waals surface area contributed by atoms with Crippen LogP contribution in [0.3, 0.4) is 0 Å². The fraction of sp³-hybridized carbons (Fsp3) is 0.381. The molecule has 0 bridgehead atoms. The second-order valence-electron chi connectivity index (χ2n) is 6.72. The highest BCUT2D eigenvalue weighted by atomic mass is 16.5. The Balaban J connectivity index is 1.72. The van der Waals surface area contributed by atoms with Crippen LogP contribution in [-0.4, -0.2) is 38.1 Å². The number of carbonyl (C=O) groups excluding carboxylic acids is 1. The summed E-state index contributed by atoms with van der Waals surface area (Å²) in [5.41, 5.74) is 4.42. The maximum Gasteiger partial charge on any atom is 0.238 e. The zero-order chi connectivity index (χ0) is 18.7. The Hall–Kier alpha value is -2.53. The lowest BCUT2D eigenvalue weighted by Gasteiger charge is -2.35. The van der Waals surface area contributed by atoms with Gasteiger partial charge < -0.3 is 14.8 Å². The summed E-state index contributed by atoms with van der Waals surface area (Å²) in [6.07, 6.45) is 0.887. The Kier molecular flexibility index (Phi) is 5.47. The van der Waals surface area contributed by atoms with Crippen molar-refractivity contribution < 1.29 is 14.3 Å². The van der Waals surface area contributed by atoms with Crippen molar-refractivity contribution in [2.45, 2.75) is 26.3 Å². The van der Waals surface area contributed by atoms with Crippen LogP contribution < -0.4 is 14.8 Å². The number of aryl methyl sites for hydroxylation is 1. The molecule has 0 saturated carbocycles. The van der Waals surface area contributed by atoms with Crippen molar-refractivity contribution in [3.8, 4) is 11.5 Å². The van der Waals surface area contributed by atoms with Gasteiger partial charge in [-0.15, -0.1) is 0 Å². The fourth-order valence-corrected chi connectivity index (χ4v) is 3.52. The van der Waals surface area contributed by atoms with Gasteiger partial charge in [-0.25, -0.2) is 0 Å². The topological polar surface area (TPSA) is 50.8 Å². The van der Waals surface area contributed by atoms with Crippen molar-refractivity contribution in [2.75, 3.05) is 32.6 Å². The molecular formula is C21H26N2O3. The van der Waals surface area contributed by atoms with E-state index in [-0.39, 0.29) is 11.9 Å². The maximum absolute atomic E-state index is 12.5. The summed E-state index contributed by atoms with van der Waals surface area (Å²) in [5.74, 6) is 1.49. The number of ether oxygens (including phenoxy) is 2. The van der Waals surface area contributed by atoms with Crippen molar-refractivity contribution in [1.29, 1.82) is 0 Å². The van der Waals surface area contributed by atoms with Crippen LogP contribution in [0.4, 0.5) is 5.69 Å². The minimum Gasteiger partial charge on any atom is -0.493 e. The van der Waals surface area contributed by atoms with Gasteiger partial charge in [0.15, 0.2) is 11.5 Å². The summed E-state index contributed by atoms with van der Waals surface area (Å²) in [6.45, 7) is 5.35. The van der Waals surface area contributed by atoms with Crippen LogP contribution in [0.2, 0.25) is 0 Å². The molecule has 0 fully saturated rings. The quantitative estimate of drug-likeness (QED) is 0.892. The summed E-state index contributed by atoms with van der Waals surface area (Å²) >= 11 is 0. The smallest absolute Gasteiger partial charge is 0.238 e. The van der Waals surface area contributed by atoms with Crippen molar-refractivity contribution in [1.82, 2.24) is 4.90 Å². The Labute approximate surface area is 154 Å².